The Morgan fingerprint density at radius 2 is 1.58 bits per heavy atom. The maximum atomic E-state index is 9.39. The number of nitrogens with two attached hydrogens (primary N) is 1. The van der Waals surface area contributed by atoms with E-state index in [0.29, 0.717) is 11.3 Å². The number of fused-ring (bicyclic) bond motifs is 1. The van der Waals surface area contributed by atoms with Crippen molar-refractivity contribution in [3.8, 4) is 17.2 Å². The molecule has 0 saturated heterocycles. The molecule has 3 aromatic carbocycles. The zero-order chi connectivity index (χ0) is 13.2. The fraction of sp³-hybridized carbons (Fsp3) is 0. The predicted octanol–water partition coefficient (Wildman–Crippen LogP) is 3.96. The first-order valence-corrected chi connectivity index (χ1v) is 6.08. The van der Waals surface area contributed by atoms with Crippen molar-refractivity contribution in [2.24, 2.45) is 0 Å². The minimum Gasteiger partial charge on any atom is -0.397 e. The number of anilines is 1. The highest BCUT2D eigenvalue weighted by atomic mass is 14.6. The van der Waals surface area contributed by atoms with E-state index in [0.717, 1.165) is 21.9 Å². The van der Waals surface area contributed by atoms with Gasteiger partial charge in [0.05, 0.1) is 11.3 Å². The second kappa shape index (κ2) is 4.47. The molecule has 90 valence electrons. The molecule has 0 unspecified atom stereocenters. The Hall–Kier alpha value is -2.79. The van der Waals surface area contributed by atoms with Crippen LogP contribution < -0.4 is 5.73 Å². The molecule has 19 heavy (non-hydrogen) atoms. The van der Waals surface area contributed by atoms with E-state index in [1.165, 1.54) is 0 Å². The number of nitrogen functional groups attached to an aromatic ring is 1. The van der Waals surface area contributed by atoms with E-state index in [1.807, 2.05) is 60.7 Å². The van der Waals surface area contributed by atoms with Gasteiger partial charge in [-0.3, -0.25) is 0 Å². The number of rotatable bonds is 1. The van der Waals surface area contributed by atoms with Crippen molar-refractivity contribution >= 4 is 16.5 Å². The van der Waals surface area contributed by atoms with Crippen molar-refractivity contribution in [3.63, 3.8) is 0 Å². The molecule has 0 aliphatic carbocycles. The van der Waals surface area contributed by atoms with Gasteiger partial charge >= 0.3 is 0 Å². The fourth-order valence-electron chi connectivity index (χ4n) is 2.34. The third-order valence-corrected chi connectivity index (χ3v) is 3.29. The van der Waals surface area contributed by atoms with Crippen LogP contribution in [0.25, 0.3) is 21.9 Å². The molecular weight excluding hydrogens is 232 g/mol. The largest absolute Gasteiger partial charge is 0.397 e. The summed E-state index contributed by atoms with van der Waals surface area (Å²) in [6.07, 6.45) is 0. The van der Waals surface area contributed by atoms with Gasteiger partial charge in [0, 0.05) is 10.9 Å². The quantitative estimate of drug-likeness (QED) is 0.659. The molecule has 0 amide bonds. The Morgan fingerprint density at radius 1 is 0.895 bits per heavy atom. The Balaban J connectivity index is 2.40. The number of nitrogens with zero attached hydrogens (tertiary/aromatic N) is 1. The van der Waals surface area contributed by atoms with Gasteiger partial charge in [-0.05, 0) is 17.0 Å². The summed E-state index contributed by atoms with van der Waals surface area (Å²) in [5.74, 6) is 0. The molecule has 0 atom stereocenters. The topological polar surface area (TPSA) is 49.8 Å². The second-order valence-corrected chi connectivity index (χ2v) is 4.41. The molecule has 0 bridgehead atoms. The van der Waals surface area contributed by atoms with Crippen LogP contribution in [-0.4, -0.2) is 0 Å². The van der Waals surface area contributed by atoms with Crippen LogP contribution in [0.5, 0.6) is 0 Å². The van der Waals surface area contributed by atoms with Crippen LogP contribution in [0.3, 0.4) is 0 Å². The third-order valence-electron chi connectivity index (χ3n) is 3.29. The highest BCUT2D eigenvalue weighted by molar-refractivity contribution is 6.00. The van der Waals surface area contributed by atoms with Crippen LogP contribution >= 0.6 is 0 Å². The molecule has 0 radical (unpaired) electrons. The van der Waals surface area contributed by atoms with Crippen molar-refractivity contribution in [2.75, 3.05) is 5.73 Å². The Morgan fingerprint density at radius 3 is 2.32 bits per heavy atom. The first-order valence-electron chi connectivity index (χ1n) is 6.08. The minimum atomic E-state index is 0.546. The zero-order valence-electron chi connectivity index (χ0n) is 10.3. The summed E-state index contributed by atoms with van der Waals surface area (Å²) in [6, 6.07) is 22.0. The summed E-state index contributed by atoms with van der Waals surface area (Å²) in [4.78, 5) is 0. The van der Waals surface area contributed by atoms with E-state index in [2.05, 4.69) is 6.07 Å². The van der Waals surface area contributed by atoms with E-state index in [9.17, 15) is 5.26 Å². The molecule has 0 aliphatic heterocycles. The zero-order valence-corrected chi connectivity index (χ0v) is 10.3. The van der Waals surface area contributed by atoms with Gasteiger partial charge in [0.15, 0.2) is 0 Å². The van der Waals surface area contributed by atoms with Crippen molar-refractivity contribution in [1.29, 1.82) is 5.26 Å². The summed E-state index contributed by atoms with van der Waals surface area (Å²) in [7, 11) is 0. The summed E-state index contributed by atoms with van der Waals surface area (Å²) in [5, 5.41) is 11.4. The molecule has 0 heterocycles. The Kier molecular flexibility index (Phi) is 2.66. The average Bonchev–Trinajstić information content (AvgIpc) is 2.48. The lowest BCUT2D eigenvalue weighted by Gasteiger charge is -2.10. The number of nitriles is 1. The van der Waals surface area contributed by atoms with E-state index in [-0.39, 0.29) is 0 Å². The number of benzene rings is 3. The normalized spacial score (nSPS) is 10.3. The molecule has 0 fully saturated rings. The van der Waals surface area contributed by atoms with Gasteiger partial charge in [0.25, 0.3) is 0 Å². The summed E-state index contributed by atoms with van der Waals surface area (Å²) in [6.45, 7) is 0. The molecule has 3 aromatic rings. The fourth-order valence-corrected chi connectivity index (χ4v) is 2.34. The van der Waals surface area contributed by atoms with Gasteiger partial charge < -0.3 is 5.73 Å². The second-order valence-electron chi connectivity index (χ2n) is 4.41. The van der Waals surface area contributed by atoms with Gasteiger partial charge in [-0.15, -0.1) is 0 Å². The smallest absolute Gasteiger partial charge is 0.102 e. The summed E-state index contributed by atoms with van der Waals surface area (Å²) >= 11 is 0. The monoisotopic (exact) mass is 244 g/mol. The summed E-state index contributed by atoms with van der Waals surface area (Å²) < 4.78 is 0. The van der Waals surface area contributed by atoms with Gasteiger partial charge in [-0.25, -0.2) is 0 Å². The first kappa shape index (κ1) is 11.3. The van der Waals surface area contributed by atoms with E-state index >= 15 is 0 Å². The lowest BCUT2D eigenvalue weighted by atomic mass is 9.94. The first-order chi connectivity index (χ1) is 9.31. The maximum Gasteiger partial charge on any atom is 0.102 e. The Labute approximate surface area is 111 Å². The number of hydrogen-bond donors (Lipinski definition) is 1. The van der Waals surface area contributed by atoms with Gasteiger partial charge in [0.1, 0.15) is 6.07 Å². The van der Waals surface area contributed by atoms with Crippen molar-refractivity contribution < 1.29 is 0 Å². The van der Waals surface area contributed by atoms with Crippen LogP contribution in [0.2, 0.25) is 0 Å². The highest BCUT2D eigenvalue weighted by Gasteiger charge is 2.11. The van der Waals surface area contributed by atoms with E-state index in [4.69, 9.17) is 5.73 Å². The van der Waals surface area contributed by atoms with E-state index in [1.54, 1.807) is 0 Å². The van der Waals surface area contributed by atoms with Crippen molar-refractivity contribution in [1.82, 2.24) is 0 Å². The van der Waals surface area contributed by atoms with Crippen molar-refractivity contribution in [3.05, 3.63) is 66.2 Å². The van der Waals surface area contributed by atoms with Crippen LogP contribution in [0.15, 0.2) is 60.7 Å². The van der Waals surface area contributed by atoms with Crippen LogP contribution in [0.4, 0.5) is 5.69 Å². The third kappa shape index (κ3) is 1.82. The highest BCUT2D eigenvalue weighted by Crippen LogP contribution is 2.33. The lowest BCUT2D eigenvalue weighted by molar-refractivity contribution is 1.49. The maximum absolute atomic E-state index is 9.39. The molecule has 0 aliphatic rings. The minimum absolute atomic E-state index is 0.546. The lowest BCUT2D eigenvalue weighted by Crippen LogP contribution is -1.95. The number of hydrogen-bond acceptors (Lipinski definition) is 2. The average molecular weight is 244 g/mol. The SMILES string of the molecule is N#Cc1c(-c2ccccc2)cc2ccccc2c1N. The van der Waals surface area contributed by atoms with Gasteiger partial charge in [-0.1, -0.05) is 54.6 Å². The predicted molar refractivity (Wildman–Crippen MR) is 78.5 cm³/mol. The van der Waals surface area contributed by atoms with Crippen LogP contribution in [0.1, 0.15) is 5.56 Å². The molecule has 0 aromatic heterocycles. The van der Waals surface area contributed by atoms with Crippen molar-refractivity contribution in [2.45, 2.75) is 0 Å². The summed E-state index contributed by atoms with van der Waals surface area (Å²) in [5.41, 5.74) is 9.15. The van der Waals surface area contributed by atoms with Gasteiger partial charge in [-0.2, -0.15) is 5.26 Å². The van der Waals surface area contributed by atoms with Crippen LogP contribution in [0, 0.1) is 11.3 Å². The van der Waals surface area contributed by atoms with E-state index < -0.39 is 0 Å². The Bertz CT molecular complexity index is 783. The molecule has 0 saturated carbocycles. The molecule has 0 spiro atoms. The molecule has 3 rings (SSSR count). The molecule has 2 heteroatoms. The molecule has 2 nitrogen and oxygen atoms in total. The standard InChI is InChI=1S/C17H12N2/c18-11-16-15(12-6-2-1-3-7-12)10-13-8-4-5-9-14(13)17(16)19/h1-10H,19H2. The van der Waals surface area contributed by atoms with Gasteiger partial charge in [0.2, 0.25) is 0 Å². The van der Waals surface area contributed by atoms with Crippen LogP contribution in [-0.2, 0) is 0 Å². The molecular formula is C17H12N2. The molecule has 2 N–H and O–H groups in total.